The van der Waals surface area contributed by atoms with Gasteiger partial charge in [0.15, 0.2) is 0 Å². The first kappa shape index (κ1) is 15.0. The standard InChI is InChI=1S/C19H20N2O3/c22-19(24-17-4-2-1-3-5-17)21-9-8-15-14-16(6-7-18(15)21)20-10-12-23-13-11-20/h1-7,14H,8-13H2. The molecule has 0 atom stereocenters. The summed E-state index contributed by atoms with van der Waals surface area (Å²) in [7, 11) is 0. The quantitative estimate of drug-likeness (QED) is 0.851. The Hall–Kier alpha value is -2.53. The molecule has 5 nitrogen and oxygen atoms in total. The Labute approximate surface area is 141 Å². The third-order valence-electron chi connectivity index (χ3n) is 4.50. The first-order chi connectivity index (χ1) is 11.8. The van der Waals surface area contributed by atoms with Gasteiger partial charge in [-0.1, -0.05) is 18.2 Å². The number of hydrogen-bond acceptors (Lipinski definition) is 4. The fourth-order valence-electron chi connectivity index (χ4n) is 3.24. The van der Waals surface area contributed by atoms with Gasteiger partial charge in [0, 0.05) is 25.3 Å². The van der Waals surface area contributed by atoms with Crippen LogP contribution in [0.2, 0.25) is 0 Å². The van der Waals surface area contributed by atoms with Crippen LogP contribution in [-0.4, -0.2) is 38.9 Å². The molecule has 1 amide bonds. The minimum Gasteiger partial charge on any atom is -0.410 e. The minimum absolute atomic E-state index is 0.320. The Balaban J connectivity index is 1.50. The molecule has 0 bridgehead atoms. The van der Waals surface area contributed by atoms with Gasteiger partial charge in [-0.2, -0.15) is 0 Å². The molecule has 24 heavy (non-hydrogen) atoms. The van der Waals surface area contributed by atoms with Crippen LogP contribution in [0.3, 0.4) is 0 Å². The highest BCUT2D eigenvalue weighted by molar-refractivity contribution is 5.92. The van der Waals surface area contributed by atoms with E-state index in [2.05, 4.69) is 17.0 Å². The van der Waals surface area contributed by atoms with E-state index in [1.165, 1.54) is 11.3 Å². The van der Waals surface area contributed by atoms with Gasteiger partial charge in [0.1, 0.15) is 5.75 Å². The molecule has 5 heteroatoms. The van der Waals surface area contributed by atoms with E-state index in [1.54, 1.807) is 17.0 Å². The highest BCUT2D eigenvalue weighted by atomic mass is 16.6. The Morgan fingerprint density at radius 1 is 1.00 bits per heavy atom. The number of amides is 1. The van der Waals surface area contributed by atoms with Crippen LogP contribution in [0.15, 0.2) is 48.5 Å². The fraction of sp³-hybridized carbons (Fsp3) is 0.316. The minimum atomic E-state index is -0.320. The molecule has 4 rings (SSSR count). The van der Waals surface area contributed by atoms with Gasteiger partial charge in [-0.05, 0) is 42.3 Å². The zero-order chi connectivity index (χ0) is 16.4. The highest BCUT2D eigenvalue weighted by Gasteiger charge is 2.27. The van der Waals surface area contributed by atoms with Crippen molar-refractivity contribution in [2.24, 2.45) is 0 Å². The molecule has 0 radical (unpaired) electrons. The molecule has 1 saturated heterocycles. The second kappa shape index (κ2) is 6.53. The van der Waals surface area contributed by atoms with E-state index in [4.69, 9.17) is 9.47 Å². The van der Waals surface area contributed by atoms with Gasteiger partial charge >= 0.3 is 6.09 Å². The number of para-hydroxylation sites is 1. The summed E-state index contributed by atoms with van der Waals surface area (Å²) >= 11 is 0. The van der Waals surface area contributed by atoms with Crippen LogP contribution < -0.4 is 14.5 Å². The Morgan fingerprint density at radius 3 is 2.58 bits per heavy atom. The van der Waals surface area contributed by atoms with Crippen LogP contribution in [0, 0.1) is 0 Å². The van der Waals surface area contributed by atoms with Crippen molar-refractivity contribution in [2.45, 2.75) is 6.42 Å². The topological polar surface area (TPSA) is 42.0 Å². The molecule has 0 spiro atoms. The zero-order valence-electron chi connectivity index (χ0n) is 13.5. The van der Waals surface area contributed by atoms with Gasteiger partial charge in [0.25, 0.3) is 0 Å². The molecule has 0 N–H and O–H groups in total. The average Bonchev–Trinajstić information content (AvgIpc) is 3.06. The van der Waals surface area contributed by atoms with Crippen LogP contribution in [0.25, 0.3) is 0 Å². The number of benzene rings is 2. The van der Waals surface area contributed by atoms with Crippen molar-refractivity contribution in [1.29, 1.82) is 0 Å². The summed E-state index contributed by atoms with van der Waals surface area (Å²) < 4.78 is 10.9. The van der Waals surface area contributed by atoms with E-state index in [1.807, 2.05) is 24.3 Å². The van der Waals surface area contributed by atoms with E-state index in [-0.39, 0.29) is 6.09 Å². The molecule has 0 aliphatic carbocycles. The second-order valence-corrected chi connectivity index (χ2v) is 6.00. The molecular weight excluding hydrogens is 304 g/mol. The summed E-state index contributed by atoms with van der Waals surface area (Å²) in [6.45, 7) is 4.03. The normalized spacial score (nSPS) is 16.8. The number of carbonyl (C=O) groups is 1. The van der Waals surface area contributed by atoms with Crippen molar-refractivity contribution in [1.82, 2.24) is 0 Å². The van der Waals surface area contributed by atoms with E-state index >= 15 is 0 Å². The van der Waals surface area contributed by atoms with Gasteiger partial charge in [0.05, 0.1) is 18.9 Å². The van der Waals surface area contributed by atoms with Gasteiger partial charge in [-0.15, -0.1) is 0 Å². The van der Waals surface area contributed by atoms with E-state index in [0.717, 1.165) is 38.4 Å². The lowest BCUT2D eigenvalue weighted by molar-refractivity contribution is 0.122. The van der Waals surface area contributed by atoms with Gasteiger partial charge in [-0.25, -0.2) is 4.79 Å². The van der Waals surface area contributed by atoms with Crippen molar-refractivity contribution in [3.63, 3.8) is 0 Å². The van der Waals surface area contributed by atoms with E-state index in [9.17, 15) is 4.79 Å². The molecule has 1 fully saturated rings. The van der Waals surface area contributed by atoms with Gasteiger partial charge < -0.3 is 14.4 Å². The van der Waals surface area contributed by atoms with E-state index < -0.39 is 0 Å². The summed E-state index contributed by atoms with van der Waals surface area (Å²) in [5, 5.41) is 0. The lowest BCUT2D eigenvalue weighted by Crippen LogP contribution is -2.36. The Bertz CT molecular complexity index is 727. The summed E-state index contributed by atoms with van der Waals surface area (Å²) in [5.41, 5.74) is 3.35. The van der Waals surface area contributed by atoms with Crippen LogP contribution in [0.1, 0.15) is 5.56 Å². The number of nitrogens with zero attached hydrogens (tertiary/aromatic N) is 2. The lowest BCUT2D eigenvalue weighted by atomic mass is 10.1. The van der Waals surface area contributed by atoms with Crippen molar-refractivity contribution in [3.8, 4) is 5.75 Å². The average molecular weight is 324 g/mol. The number of carbonyl (C=O) groups excluding carboxylic acids is 1. The SMILES string of the molecule is O=C(Oc1ccccc1)N1CCc2cc(N3CCOCC3)ccc21. The molecular formula is C19H20N2O3. The molecule has 2 aliphatic rings. The van der Waals surface area contributed by atoms with Crippen molar-refractivity contribution < 1.29 is 14.3 Å². The van der Waals surface area contributed by atoms with E-state index in [0.29, 0.717) is 12.3 Å². The summed E-state index contributed by atoms with van der Waals surface area (Å²) in [4.78, 5) is 16.5. The zero-order valence-corrected chi connectivity index (χ0v) is 13.5. The van der Waals surface area contributed by atoms with Crippen LogP contribution in [0.4, 0.5) is 16.2 Å². The maximum absolute atomic E-state index is 12.4. The van der Waals surface area contributed by atoms with Crippen LogP contribution >= 0.6 is 0 Å². The number of morpholine rings is 1. The maximum Gasteiger partial charge on any atom is 0.419 e. The number of ether oxygens (including phenoxy) is 2. The molecule has 2 heterocycles. The molecule has 2 aromatic rings. The summed E-state index contributed by atoms with van der Waals surface area (Å²) in [5.74, 6) is 0.570. The number of rotatable bonds is 2. The number of fused-ring (bicyclic) bond motifs is 1. The third-order valence-corrected chi connectivity index (χ3v) is 4.50. The molecule has 2 aliphatic heterocycles. The van der Waals surface area contributed by atoms with Crippen LogP contribution in [0.5, 0.6) is 5.75 Å². The predicted octanol–water partition coefficient (Wildman–Crippen LogP) is 3.08. The maximum atomic E-state index is 12.4. The smallest absolute Gasteiger partial charge is 0.410 e. The Morgan fingerprint density at radius 2 is 1.79 bits per heavy atom. The second-order valence-electron chi connectivity index (χ2n) is 6.00. The molecule has 0 aromatic heterocycles. The monoisotopic (exact) mass is 324 g/mol. The van der Waals surface area contributed by atoms with Crippen LogP contribution in [-0.2, 0) is 11.2 Å². The predicted molar refractivity (Wildman–Crippen MR) is 93.0 cm³/mol. The van der Waals surface area contributed by atoms with Gasteiger partial charge in [0.2, 0.25) is 0 Å². The number of anilines is 2. The van der Waals surface area contributed by atoms with Crippen molar-refractivity contribution >= 4 is 17.5 Å². The van der Waals surface area contributed by atoms with Crippen molar-refractivity contribution in [2.75, 3.05) is 42.6 Å². The molecule has 0 saturated carbocycles. The first-order valence-corrected chi connectivity index (χ1v) is 8.31. The van der Waals surface area contributed by atoms with Crippen molar-refractivity contribution in [3.05, 3.63) is 54.1 Å². The first-order valence-electron chi connectivity index (χ1n) is 8.31. The summed E-state index contributed by atoms with van der Waals surface area (Å²) in [6.07, 6.45) is 0.538. The number of hydrogen-bond donors (Lipinski definition) is 0. The Kier molecular flexibility index (Phi) is 4.09. The molecule has 124 valence electrons. The fourth-order valence-corrected chi connectivity index (χ4v) is 3.24. The lowest BCUT2D eigenvalue weighted by Gasteiger charge is -2.29. The molecule has 2 aromatic carbocycles. The van der Waals surface area contributed by atoms with Gasteiger partial charge in [-0.3, -0.25) is 4.90 Å². The highest BCUT2D eigenvalue weighted by Crippen LogP contribution is 2.32. The third kappa shape index (κ3) is 2.95. The summed E-state index contributed by atoms with van der Waals surface area (Å²) in [6, 6.07) is 15.5. The largest absolute Gasteiger partial charge is 0.419 e. The molecule has 0 unspecified atom stereocenters.